The maximum absolute atomic E-state index is 11.4. The van der Waals surface area contributed by atoms with E-state index in [1.165, 1.54) is 4.90 Å². The van der Waals surface area contributed by atoms with Crippen LogP contribution < -0.4 is 5.32 Å². The fourth-order valence-electron chi connectivity index (χ4n) is 1.34. The Hall–Kier alpha value is -0.480. The molecular weight excluding hydrogens is 298 g/mol. The third-order valence-corrected chi connectivity index (χ3v) is 3.80. The van der Waals surface area contributed by atoms with Crippen LogP contribution in [0.5, 0.6) is 0 Å². The van der Waals surface area contributed by atoms with Crippen LogP contribution in [0.1, 0.15) is 19.3 Å². The van der Waals surface area contributed by atoms with Crippen LogP contribution in [0.25, 0.3) is 0 Å². The van der Waals surface area contributed by atoms with Gasteiger partial charge in [-0.3, -0.25) is 4.79 Å². The molecule has 0 unspecified atom stereocenters. The van der Waals surface area contributed by atoms with Crippen molar-refractivity contribution in [3.05, 3.63) is 30.3 Å². The van der Waals surface area contributed by atoms with E-state index in [9.17, 15) is 4.79 Å². The molecule has 2 nitrogen and oxygen atoms in total. The number of hydrogen-bond acceptors (Lipinski definition) is 2. The van der Waals surface area contributed by atoms with Crippen molar-refractivity contribution < 1.29 is 4.79 Å². The van der Waals surface area contributed by atoms with Gasteiger partial charge in [-0.2, -0.15) is 0 Å². The number of rotatable bonds is 8. The zero-order valence-corrected chi connectivity index (χ0v) is 12.2. The summed E-state index contributed by atoms with van der Waals surface area (Å²) in [5, 5.41) is 3.91. The molecule has 0 spiro atoms. The minimum Gasteiger partial charge on any atom is -0.355 e. The molecule has 0 aromatic heterocycles. The lowest BCUT2D eigenvalue weighted by atomic mass is 10.2. The van der Waals surface area contributed by atoms with Crippen LogP contribution in [0.2, 0.25) is 0 Å². The Morgan fingerprint density at radius 1 is 1.24 bits per heavy atom. The van der Waals surface area contributed by atoms with Crippen molar-refractivity contribution in [2.24, 2.45) is 0 Å². The molecule has 0 radical (unpaired) electrons. The summed E-state index contributed by atoms with van der Waals surface area (Å²) in [6, 6.07) is 10.2. The Balaban J connectivity index is 2.02. The van der Waals surface area contributed by atoms with E-state index < -0.39 is 0 Å². The average Bonchev–Trinajstić information content (AvgIpc) is 2.36. The number of carbonyl (C=O) groups is 1. The number of hydrogen-bond donors (Lipinski definition) is 1. The van der Waals surface area contributed by atoms with E-state index in [0.717, 1.165) is 30.5 Å². The highest BCUT2D eigenvalue weighted by Crippen LogP contribution is 2.15. The maximum atomic E-state index is 11.4. The monoisotopic (exact) mass is 315 g/mol. The predicted molar refractivity (Wildman–Crippen MR) is 77.8 cm³/mol. The molecule has 0 aliphatic rings. The summed E-state index contributed by atoms with van der Waals surface area (Å²) < 4.78 is 0. The van der Waals surface area contributed by atoms with Gasteiger partial charge >= 0.3 is 0 Å². The van der Waals surface area contributed by atoms with E-state index in [-0.39, 0.29) is 5.91 Å². The van der Waals surface area contributed by atoms with Crippen LogP contribution in [-0.4, -0.2) is 23.5 Å². The van der Waals surface area contributed by atoms with E-state index in [2.05, 4.69) is 33.4 Å². The quantitative estimate of drug-likeness (QED) is 0.452. The second-order valence-electron chi connectivity index (χ2n) is 3.66. The van der Waals surface area contributed by atoms with Gasteiger partial charge in [-0.05, 0) is 25.0 Å². The highest BCUT2D eigenvalue weighted by Gasteiger charge is 2.00. The topological polar surface area (TPSA) is 29.1 Å². The van der Waals surface area contributed by atoms with Crippen LogP contribution in [0, 0.1) is 0 Å². The molecule has 4 heteroatoms. The molecule has 1 aromatic rings. The Labute approximate surface area is 116 Å². The van der Waals surface area contributed by atoms with Crippen molar-refractivity contribution in [1.29, 1.82) is 0 Å². The van der Waals surface area contributed by atoms with Gasteiger partial charge in [0.2, 0.25) is 5.91 Å². The van der Waals surface area contributed by atoms with Crippen LogP contribution in [0.15, 0.2) is 35.2 Å². The van der Waals surface area contributed by atoms with Gasteiger partial charge in [0.25, 0.3) is 0 Å². The molecule has 0 aliphatic carbocycles. The van der Waals surface area contributed by atoms with Crippen molar-refractivity contribution in [2.45, 2.75) is 24.2 Å². The molecular formula is C13H18BrNOS. The standard InChI is InChI=1S/C13H18BrNOS/c14-9-5-4-8-13(16)15-10-11-17-12-6-2-1-3-7-12/h1-3,6-7H,4-5,8-11H2,(H,15,16). The smallest absolute Gasteiger partial charge is 0.220 e. The Morgan fingerprint density at radius 3 is 2.71 bits per heavy atom. The minimum absolute atomic E-state index is 0.166. The maximum Gasteiger partial charge on any atom is 0.220 e. The Bertz CT molecular complexity index is 318. The highest BCUT2D eigenvalue weighted by molar-refractivity contribution is 9.09. The summed E-state index contributed by atoms with van der Waals surface area (Å²) in [7, 11) is 0. The molecule has 0 aliphatic heterocycles. The van der Waals surface area contributed by atoms with Gasteiger partial charge in [0.15, 0.2) is 0 Å². The van der Waals surface area contributed by atoms with E-state index >= 15 is 0 Å². The third-order valence-electron chi connectivity index (χ3n) is 2.22. The molecule has 94 valence electrons. The van der Waals surface area contributed by atoms with Gasteiger partial charge in [0, 0.05) is 28.9 Å². The Kier molecular flexibility index (Phi) is 8.18. The van der Waals surface area contributed by atoms with E-state index in [4.69, 9.17) is 0 Å². The van der Waals surface area contributed by atoms with E-state index in [0.29, 0.717) is 6.42 Å². The molecule has 1 rings (SSSR count). The van der Waals surface area contributed by atoms with Gasteiger partial charge in [0.1, 0.15) is 0 Å². The van der Waals surface area contributed by atoms with Crippen LogP contribution in [0.4, 0.5) is 0 Å². The molecule has 0 bridgehead atoms. The lowest BCUT2D eigenvalue weighted by Gasteiger charge is -2.04. The first-order valence-electron chi connectivity index (χ1n) is 5.83. The number of halogens is 1. The van der Waals surface area contributed by atoms with Crippen molar-refractivity contribution >= 4 is 33.6 Å². The first-order valence-corrected chi connectivity index (χ1v) is 7.94. The van der Waals surface area contributed by atoms with E-state index in [1.54, 1.807) is 11.8 Å². The van der Waals surface area contributed by atoms with Crippen LogP contribution in [0.3, 0.4) is 0 Å². The van der Waals surface area contributed by atoms with Crippen LogP contribution >= 0.6 is 27.7 Å². The number of carbonyl (C=O) groups excluding carboxylic acids is 1. The summed E-state index contributed by atoms with van der Waals surface area (Å²) in [5.74, 6) is 1.09. The molecule has 0 saturated heterocycles. The Morgan fingerprint density at radius 2 is 2.00 bits per heavy atom. The van der Waals surface area contributed by atoms with Crippen LogP contribution in [-0.2, 0) is 4.79 Å². The molecule has 0 atom stereocenters. The SMILES string of the molecule is O=C(CCCCBr)NCCSc1ccccc1. The fourth-order valence-corrected chi connectivity index (χ4v) is 2.53. The number of amides is 1. The average molecular weight is 316 g/mol. The van der Waals surface area contributed by atoms with Crippen molar-refractivity contribution in [3.8, 4) is 0 Å². The van der Waals surface area contributed by atoms with Crippen molar-refractivity contribution in [2.75, 3.05) is 17.6 Å². The number of thioether (sulfide) groups is 1. The summed E-state index contributed by atoms with van der Waals surface area (Å²) in [6.07, 6.45) is 2.66. The van der Waals surface area contributed by atoms with Gasteiger partial charge in [-0.1, -0.05) is 34.1 Å². The summed E-state index contributed by atoms with van der Waals surface area (Å²) >= 11 is 5.12. The van der Waals surface area contributed by atoms with Gasteiger partial charge in [0.05, 0.1) is 0 Å². The number of unbranched alkanes of at least 4 members (excludes halogenated alkanes) is 1. The fraction of sp³-hybridized carbons (Fsp3) is 0.462. The lowest BCUT2D eigenvalue weighted by molar-refractivity contribution is -0.121. The second-order valence-corrected chi connectivity index (χ2v) is 5.62. The third kappa shape index (κ3) is 7.45. The highest BCUT2D eigenvalue weighted by atomic mass is 79.9. The normalized spacial score (nSPS) is 10.2. The minimum atomic E-state index is 0.166. The number of benzene rings is 1. The largest absolute Gasteiger partial charge is 0.355 e. The first-order chi connectivity index (χ1) is 8.33. The molecule has 0 heterocycles. The molecule has 0 fully saturated rings. The zero-order valence-electron chi connectivity index (χ0n) is 9.82. The summed E-state index contributed by atoms with van der Waals surface area (Å²) in [6.45, 7) is 0.743. The van der Waals surface area contributed by atoms with Crippen molar-refractivity contribution in [1.82, 2.24) is 5.32 Å². The van der Waals surface area contributed by atoms with Gasteiger partial charge < -0.3 is 5.32 Å². The predicted octanol–water partition coefficient (Wildman–Crippen LogP) is 3.46. The van der Waals surface area contributed by atoms with E-state index in [1.807, 2.05) is 18.2 Å². The summed E-state index contributed by atoms with van der Waals surface area (Å²) in [5.41, 5.74) is 0. The van der Waals surface area contributed by atoms with Gasteiger partial charge in [-0.15, -0.1) is 11.8 Å². The number of nitrogens with one attached hydrogen (secondary N) is 1. The summed E-state index contributed by atoms with van der Waals surface area (Å²) in [4.78, 5) is 12.6. The van der Waals surface area contributed by atoms with Crippen molar-refractivity contribution in [3.63, 3.8) is 0 Å². The first kappa shape index (κ1) is 14.6. The zero-order chi connectivity index (χ0) is 12.3. The molecule has 0 saturated carbocycles. The lowest BCUT2D eigenvalue weighted by Crippen LogP contribution is -2.25. The molecule has 1 N–H and O–H groups in total. The molecule has 1 aromatic carbocycles. The number of alkyl halides is 1. The van der Waals surface area contributed by atoms with Gasteiger partial charge in [-0.25, -0.2) is 0 Å². The second kappa shape index (κ2) is 9.54. The molecule has 17 heavy (non-hydrogen) atoms. The molecule has 1 amide bonds.